The maximum absolute atomic E-state index is 13.6. The Labute approximate surface area is 98.6 Å². The van der Waals surface area contributed by atoms with E-state index in [4.69, 9.17) is 10.5 Å². The molecule has 0 aliphatic carbocycles. The summed E-state index contributed by atoms with van der Waals surface area (Å²) in [5.41, 5.74) is 7.66. The molecule has 1 aromatic heterocycles. The first kappa shape index (κ1) is 11.4. The van der Waals surface area contributed by atoms with Gasteiger partial charge in [-0.1, -0.05) is 6.92 Å². The molecule has 17 heavy (non-hydrogen) atoms. The first-order valence-corrected chi connectivity index (χ1v) is 5.33. The molecule has 0 radical (unpaired) electrons. The highest BCUT2D eigenvalue weighted by molar-refractivity contribution is 5.70. The van der Waals surface area contributed by atoms with Crippen LogP contribution in [0.15, 0.2) is 18.2 Å². The number of ether oxygens (including phenoxy) is 1. The zero-order chi connectivity index (χ0) is 12.4. The van der Waals surface area contributed by atoms with Gasteiger partial charge >= 0.3 is 0 Å². The number of aromatic amines is 1. The predicted molar refractivity (Wildman–Crippen MR) is 64.3 cm³/mol. The molecule has 0 spiro atoms. The van der Waals surface area contributed by atoms with Crippen LogP contribution in [0.2, 0.25) is 0 Å². The molecule has 0 amide bonds. The highest BCUT2D eigenvalue weighted by atomic mass is 19.1. The van der Waals surface area contributed by atoms with Crippen LogP contribution in [0, 0.1) is 5.82 Å². The highest BCUT2D eigenvalue weighted by Crippen LogP contribution is 2.32. The summed E-state index contributed by atoms with van der Waals surface area (Å²) in [7, 11) is 1.50. The first-order chi connectivity index (χ1) is 8.15. The number of nitrogens with one attached hydrogen (secondary N) is 1. The Balaban J connectivity index is 2.58. The average Bonchev–Trinajstić information content (AvgIpc) is 2.75. The van der Waals surface area contributed by atoms with Gasteiger partial charge < -0.3 is 10.5 Å². The van der Waals surface area contributed by atoms with Gasteiger partial charge in [0.15, 0.2) is 0 Å². The Bertz CT molecular complexity index is 537. The Kier molecular flexibility index (Phi) is 2.99. The Morgan fingerprint density at radius 1 is 1.41 bits per heavy atom. The van der Waals surface area contributed by atoms with Gasteiger partial charge in [0.25, 0.3) is 0 Å². The standard InChI is InChI=1S/C12H14FN3O/c1-3-7-4-8(10-6-12(14)16-15-10)11(17-2)5-9(7)13/h4-6H,3H2,1-2H3,(H3,14,15,16). The van der Waals surface area contributed by atoms with E-state index >= 15 is 0 Å². The van der Waals surface area contributed by atoms with Crippen molar-refractivity contribution in [3.63, 3.8) is 0 Å². The first-order valence-electron chi connectivity index (χ1n) is 5.33. The molecular formula is C12H14FN3O. The summed E-state index contributed by atoms with van der Waals surface area (Å²) in [6, 6.07) is 4.82. The van der Waals surface area contributed by atoms with Crippen molar-refractivity contribution in [2.75, 3.05) is 12.8 Å². The normalized spacial score (nSPS) is 10.5. The largest absolute Gasteiger partial charge is 0.496 e. The number of H-pyrrole nitrogens is 1. The van der Waals surface area contributed by atoms with Crippen molar-refractivity contribution in [1.29, 1.82) is 0 Å². The summed E-state index contributed by atoms with van der Waals surface area (Å²) in [4.78, 5) is 0. The fourth-order valence-corrected chi connectivity index (χ4v) is 1.73. The molecule has 90 valence electrons. The molecule has 0 bridgehead atoms. The van der Waals surface area contributed by atoms with Crippen molar-refractivity contribution in [2.45, 2.75) is 13.3 Å². The molecule has 1 heterocycles. The van der Waals surface area contributed by atoms with Gasteiger partial charge in [0.1, 0.15) is 17.4 Å². The lowest BCUT2D eigenvalue weighted by Crippen LogP contribution is -1.94. The zero-order valence-electron chi connectivity index (χ0n) is 9.75. The average molecular weight is 235 g/mol. The summed E-state index contributed by atoms with van der Waals surface area (Å²) in [6.07, 6.45) is 0.618. The maximum Gasteiger partial charge on any atom is 0.145 e. The van der Waals surface area contributed by atoms with Gasteiger partial charge in [0.05, 0.1) is 12.8 Å². The van der Waals surface area contributed by atoms with E-state index in [0.717, 1.165) is 5.56 Å². The van der Waals surface area contributed by atoms with Gasteiger partial charge in [0.2, 0.25) is 0 Å². The summed E-state index contributed by atoms with van der Waals surface area (Å²) >= 11 is 0. The fourth-order valence-electron chi connectivity index (χ4n) is 1.73. The molecule has 0 aliphatic rings. The third kappa shape index (κ3) is 2.08. The van der Waals surface area contributed by atoms with Crippen LogP contribution in [0.25, 0.3) is 11.3 Å². The van der Waals surface area contributed by atoms with Crippen molar-refractivity contribution in [1.82, 2.24) is 10.2 Å². The van der Waals surface area contributed by atoms with Crippen molar-refractivity contribution in [2.24, 2.45) is 0 Å². The van der Waals surface area contributed by atoms with E-state index in [1.165, 1.54) is 13.2 Å². The molecule has 0 fully saturated rings. The van der Waals surface area contributed by atoms with Gasteiger partial charge in [-0.3, -0.25) is 5.10 Å². The van der Waals surface area contributed by atoms with Crippen molar-refractivity contribution >= 4 is 5.82 Å². The topological polar surface area (TPSA) is 63.9 Å². The second-order valence-corrected chi connectivity index (χ2v) is 3.70. The minimum Gasteiger partial charge on any atom is -0.496 e. The Morgan fingerprint density at radius 2 is 2.18 bits per heavy atom. The second-order valence-electron chi connectivity index (χ2n) is 3.70. The van der Waals surface area contributed by atoms with Gasteiger partial charge in [-0.2, -0.15) is 5.10 Å². The molecule has 0 atom stereocenters. The van der Waals surface area contributed by atoms with E-state index in [0.29, 0.717) is 29.2 Å². The number of nitrogen functional groups attached to an aromatic ring is 1. The van der Waals surface area contributed by atoms with E-state index in [9.17, 15) is 4.39 Å². The highest BCUT2D eigenvalue weighted by Gasteiger charge is 2.12. The number of benzene rings is 1. The molecule has 0 aliphatic heterocycles. The molecule has 5 heteroatoms. The third-order valence-corrected chi connectivity index (χ3v) is 2.64. The maximum atomic E-state index is 13.6. The summed E-state index contributed by atoms with van der Waals surface area (Å²) in [6.45, 7) is 1.90. The number of halogens is 1. The smallest absolute Gasteiger partial charge is 0.145 e. The third-order valence-electron chi connectivity index (χ3n) is 2.64. The number of hydrogen-bond acceptors (Lipinski definition) is 3. The SMILES string of the molecule is CCc1cc(-c2cc(N)n[nH]2)c(OC)cc1F. The van der Waals surface area contributed by atoms with Crippen LogP contribution in [0.4, 0.5) is 10.2 Å². The van der Waals surface area contributed by atoms with E-state index in [1.807, 2.05) is 6.92 Å². The number of aromatic nitrogens is 2. The molecule has 2 rings (SSSR count). The number of nitrogens with two attached hydrogens (primary N) is 1. The molecule has 1 aromatic carbocycles. The molecule has 4 nitrogen and oxygen atoms in total. The molecule has 2 aromatic rings. The summed E-state index contributed by atoms with van der Waals surface area (Å²) in [5, 5.41) is 6.64. The van der Waals surface area contributed by atoms with Crippen molar-refractivity contribution in [3.8, 4) is 17.0 Å². The van der Waals surface area contributed by atoms with E-state index in [-0.39, 0.29) is 5.82 Å². The predicted octanol–water partition coefficient (Wildman–Crippen LogP) is 2.37. The van der Waals surface area contributed by atoms with Gasteiger partial charge in [-0.15, -0.1) is 0 Å². The fraction of sp³-hybridized carbons (Fsp3) is 0.250. The number of hydrogen-bond donors (Lipinski definition) is 2. The molecule has 0 saturated carbocycles. The second kappa shape index (κ2) is 4.45. The van der Waals surface area contributed by atoms with Crippen LogP contribution in [-0.4, -0.2) is 17.3 Å². The van der Waals surface area contributed by atoms with Gasteiger partial charge in [-0.25, -0.2) is 4.39 Å². The molecule has 0 unspecified atom stereocenters. The lowest BCUT2D eigenvalue weighted by Gasteiger charge is -2.09. The Hall–Kier alpha value is -2.04. The molecular weight excluding hydrogens is 221 g/mol. The van der Waals surface area contributed by atoms with Crippen LogP contribution < -0.4 is 10.5 Å². The van der Waals surface area contributed by atoms with E-state index in [1.54, 1.807) is 12.1 Å². The lowest BCUT2D eigenvalue weighted by molar-refractivity contribution is 0.412. The van der Waals surface area contributed by atoms with Crippen LogP contribution in [-0.2, 0) is 6.42 Å². The van der Waals surface area contributed by atoms with Crippen LogP contribution >= 0.6 is 0 Å². The number of rotatable bonds is 3. The lowest BCUT2D eigenvalue weighted by atomic mass is 10.0. The molecule has 0 saturated heterocycles. The quantitative estimate of drug-likeness (QED) is 0.858. The van der Waals surface area contributed by atoms with Crippen LogP contribution in [0.3, 0.4) is 0 Å². The van der Waals surface area contributed by atoms with E-state index in [2.05, 4.69) is 10.2 Å². The number of aryl methyl sites for hydroxylation is 1. The summed E-state index contributed by atoms with van der Waals surface area (Å²) in [5.74, 6) is 0.591. The zero-order valence-corrected chi connectivity index (χ0v) is 9.75. The number of nitrogens with zero attached hydrogens (tertiary/aromatic N) is 1. The van der Waals surface area contributed by atoms with Crippen LogP contribution in [0.5, 0.6) is 5.75 Å². The number of methoxy groups -OCH3 is 1. The minimum absolute atomic E-state index is 0.263. The van der Waals surface area contributed by atoms with Crippen LogP contribution in [0.1, 0.15) is 12.5 Å². The molecule has 3 N–H and O–H groups in total. The minimum atomic E-state index is -0.263. The Morgan fingerprint density at radius 3 is 2.71 bits per heavy atom. The van der Waals surface area contributed by atoms with Crippen molar-refractivity contribution in [3.05, 3.63) is 29.6 Å². The van der Waals surface area contributed by atoms with E-state index < -0.39 is 0 Å². The van der Waals surface area contributed by atoms with Gasteiger partial charge in [0, 0.05) is 17.7 Å². The van der Waals surface area contributed by atoms with Gasteiger partial charge in [-0.05, 0) is 18.1 Å². The number of anilines is 1. The van der Waals surface area contributed by atoms with Crippen molar-refractivity contribution < 1.29 is 9.13 Å². The summed E-state index contributed by atoms with van der Waals surface area (Å²) < 4.78 is 18.8. The monoisotopic (exact) mass is 235 g/mol.